The Balaban J connectivity index is 1.67. The summed E-state index contributed by atoms with van der Waals surface area (Å²) >= 11 is 0. The maximum atomic E-state index is 13.2. The van der Waals surface area contributed by atoms with E-state index < -0.39 is 6.04 Å². The summed E-state index contributed by atoms with van der Waals surface area (Å²) in [7, 11) is 5.54. The van der Waals surface area contributed by atoms with E-state index in [1.54, 1.807) is 12.1 Å². The highest BCUT2D eigenvalue weighted by Gasteiger charge is 2.21. The van der Waals surface area contributed by atoms with Crippen LogP contribution in [0.3, 0.4) is 0 Å². The highest BCUT2D eigenvalue weighted by Crippen LogP contribution is 2.33. The van der Waals surface area contributed by atoms with Gasteiger partial charge in [0.1, 0.15) is 5.75 Å². The number of carbonyl (C=O) groups excluding carboxylic acids is 1. The SMILES string of the molecule is COc1c(C(=O)N[C@H](CO)c2ccccc2)ccc2[nH]nc(/C=C/c3cccc(N(C)C)c3)c12. The second-order valence-corrected chi connectivity index (χ2v) is 8.12. The van der Waals surface area contributed by atoms with Crippen LogP contribution in [0.15, 0.2) is 66.7 Å². The highest BCUT2D eigenvalue weighted by atomic mass is 16.5. The lowest BCUT2D eigenvalue weighted by Gasteiger charge is -2.18. The van der Waals surface area contributed by atoms with Crippen LogP contribution in [0, 0.1) is 0 Å². The number of H-pyrrole nitrogens is 1. The summed E-state index contributed by atoms with van der Waals surface area (Å²) in [6.45, 7) is -0.216. The summed E-state index contributed by atoms with van der Waals surface area (Å²) in [6, 6.07) is 20.5. The number of nitrogens with one attached hydrogen (secondary N) is 2. The number of benzene rings is 3. The summed E-state index contributed by atoms with van der Waals surface area (Å²) in [5.74, 6) is 0.0895. The van der Waals surface area contributed by atoms with Gasteiger partial charge < -0.3 is 20.1 Å². The number of anilines is 1. The largest absolute Gasteiger partial charge is 0.495 e. The Labute approximate surface area is 198 Å². The second kappa shape index (κ2) is 10.2. The number of aliphatic hydroxyl groups is 1. The van der Waals surface area contributed by atoms with Gasteiger partial charge in [-0.05, 0) is 41.5 Å². The molecule has 0 aliphatic heterocycles. The molecule has 3 N–H and O–H groups in total. The first-order chi connectivity index (χ1) is 16.5. The summed E-state index contributed by atoms with van der Waals surface area (Å²) in [5.41, 5.74) is 4.75. The Bertz CT molecular complexity index is 1310. The van der Waals surface area contributed by atoms with E-state index in [4.69, 9.17) is 4.74 Å². The van der Waals surface area contributed by atoms with Gasteiger partial charge in [0.15, 0.2) is 0 Å². The van der Waals surface area contributed by atoms with Crippen molar-refractivity contribution in [3.63, 3.8) is 0 Å². The van der Waals surface area contributed by atoms with Gasteiger partial charge in [0.25, 0.3) is 5.91 Å². The van der Waals surface area contributed by atoms with Crippen molar-refractivity contribution in [1.82, 2.24) is 15.5 Å². The Morgan fingerprint density at radius 3 is 2.62 bits per heavy atom. The average Bonchev–Trinajstić information content (AvgIpc) is 3.29. The summed E-state index contributed by atoms with van der Waals surface area (Å²) in [4.78, 5) is 15.2. The number of aromatic amines is 1. The molecule has 0 saturated carbocycles. The zero-order valence-electron chi connectivity index (χ0n) is 19.4. The summed E-state index contributed by atoms with van der Waals surface area (Å²) < 4.78 is 5.68. The summed E-state index contributed by atoms with van der Waals surface area (Å²) in [5, 5.41) is 20.9. The molecule has 0 unspecified atom stereocenters. The first-order valence-corrected chi connectivity index (χ1v) is 11.0. The normalized spacial score (nSPS) is 12.1. The first-order valence-electron chi connectivity index (χ1n) is 11.0. The van der Waals surface area contributed by atoms with E-state index in [-0.39, 0.29) is 12.5 Å². The van der Waals surface area contributed by atoms with Crippen molar-refractivity contribution in [3.8, 4) is 5.75 Å². The molecular weight excluding hydrogens is 428 g/mol. The van der Waals surface area contributed by atoms with Crippen molar-refractivity contribution < 1.29 is 14.6 Å². The van der Waals surface area contributed by atoms with Crippen LogP contribution in [-0.4, -0.2) is 49.0 Å². The van der Waals surface area contributed by atoms with E-state index in [1.807, 2.05) is 79.7 Å². The monoisotopic (exact) mass is 456 g/mol. The van der Waals surface area contributed by atoms with Crippen molar-refractivity contribution in [2.45, 2.75) is 6.04 Å². The van der Waals surface area contributed by atoms with Crippen LogP contribution < -0.4 is 15.0 Å². The molecule has 1 amide bonds. The molecule has 4 aromatic rings. The molecule has 174 valence electrons. The molecular formula is C27H28N4O3. The van der Waals surface area contributed by atoms with Crippen molar-refractivity contribution in [2.24, 2.45) is 0 Å². The molecule has 0 saturated heterocycles. The van der Waals surface area contributed by atoms with Crippen molar-refractivity contribution in [1.29, 1.82) is 0 Å². The molecule has 34 heavy (non-hydrogen) atoms. The van der Waals surface area contributed by atoms with Gasteiger partial charge in [0.05, 0.1) is 41.9 Å². The van der Waals surface area contributed by atoms with E-state index in [9.17, 15) is 9.90 Å². The van der Waals surface area contributed by atoms with Crippen LogP contribution in [0.1, 0.15) is 33.2 Å². The lowest BCUT2D eigenvalue weighted by molar-refractivity contribution is 0.0913. The number of ether oxygens (including phenoxy) is 1. The van der Waals surface area contributed by atoms with Crippen molar-refractivity contribution >= 4 is 34.6 Å². The molecule has 1 aromatic heterocycles. The number of aromatic nitrogens is 2. The lowest BCUT2D eigenvalue weighted by Crippen LogP contribution is -2.31. The van der Waals surface area contributed by atoms with Crippen LogP contribution in [0.4, 0.5) is 5.69 Å². The third kappa shape index (κ3) is 4.79. The fourth-order valence-corrected chi connectivity index (χ4v) is 3.86. The highest BCUT2D eigenvalue weighted by molar-refractivity contribution is 6.05. The van der Waals surface area contributed by atoms with E-state index in [2.05, 4.69) is 21.6 Å². The second-order valence-electron chi connectivity index (χ2n) is 8.12. The van der Waals surface area contributed by atoms with Gasteiger partial charge in [0.2, 0.25) is 0 Å². The van der Waals surface area contributed by atoms with E-state index in [0.717, 1.165) is 27.7 Å². The van der Waals surface area contributed by atoms with E-state index in [1.165, 1.54) is 7.11 Å². The fourth-order valence-electron chi connectivity index (χ4n) is 3.86. The van der Waals surface area contributed by atoms with Crippen molar-refractivity contribution in [3.05, 3.63) is 89.1 Å². The standard InChI is InChI=1S/C27H28N4O3/c1-31(2)20-11-7-8-18(16-20)12-14-22-25-23(30-29-22)15-13-21(26(25)34-3)27(33)28-24(17-32)19-9-5-4-6-10-19/h4-16,24,32H,17H2,1-3H3,(H,28,33)(H,29,30)/b14-12+/t24-/m1/s1. The molecule has 1 atom stereocenters. The molecule has 0 aliphatic rings. The number of hydrogen-bond donors (Lipinski definition) is 3. The van der Waals surface area contributed by atoms with Gasteiger partial charge >= 0.3 is 0 Å². The average molecular weight is 457 g/mol. The van der Waals surface area contributed by atoms with E-state index in [0.29, 0.717) is 17.0 Å². The van der Waals surface area contributed by atoms with Gasteiger partial charge in [-0.2, -0.15) is 5.10 Å². The number of aliphatic hydroxyl groups excluding tert-OH is 1. The molecule has 0 radical (unpaired) electrons. The molecule has 0 spiro atoms. The number of amides is 1. The third-order valence-corrected chi connectivity index (χ3v) is 5.67. The van der Waals surface area contributed by atoms with Crippen LogP contribution in [-0.2, 0) is 0 Å². The molecule has 0 fully saturated rings. The minimum absolute atomic E-state index is 0.216. The number of fused-ring (bicyclic) bond motifs is 1. The minimum Gasteiger partial charge on any atom is -0.495 e. The number of nitrogens with zero attached hydrogens (tertiary/aromatic N) is 2. The van der Waals surface area contributed by atoms with Crippen LogP contribution in [0.25, 0.3) is 23.1 Å². The Kier molecular flexibility index (Phi) is 6.94. The van der Waals surface area contributed by atoms with Crippen LogP contribution >= 0.6 is 0 Å². The molecule has 7 heteroatoms. The zero-order valence-corrected chi connectivity index (χ0v) is 19.4. The maximum Gasteiger partial charge on any atom is 0.255 e. The molecule has 3 aromatic carbocycles. The van der Waals surface area contributed by atoms with Gasteiger partial charge in [-0.1, -0.05) is 48.5 Å². The number of rotatable bonds is 8. The predicted octanol–water partition coefficient (Wildman–Crippen LogP) is 4.27. The van der Waals surface area contributed by atoms with Gasteiger partial charge in [-0.15, -0.1) is 0 Å². The minimum atomic E-state index is -0.526. The Morgan fingerprint density at radius 1 is 1.12 bits per heavy atom. The Morgan fingerprint density at radius 2 is 1.91 bits per heavy atom. The number of methoxy groups -OCH3 is 1. The summed E-state index contributed by atoms with van der Waals surface area (Å²) in [6.07, 6.45) is 3.88. The predicted molar refractivity (Wildman–Crippen MR) is 136 cm³/mol. The molecule has 7 nitrogen and oxygen atoms in total. The molecule has 1 heterocycles. The first kappa shape index (κ1) is 23.1. The Hall–Kier alpha value is -4.10. The number of hydrogen-bond acceptors (Lipinski definition) is 5. The number of carbonyl (C=O) groups is 1. The van der Waals surface area contributed by atoms with Crippen LogP contribution in [0.2, 0.25) is 0 Å². The molecule has 4 rings (SSSR count). The topological polar surface area (TPSA) is 90.5 Å². The van der Waals surface area contributed by atoms with Gasteiger partial charge in [0, 0.05) is 19.8 Å². The smallest absolute Gasteiger partial charge is 0.255 e. The third-order valence-electron chi connectivity index (χ3n) is 5.67. The zero-order chi connectivity index (χ0) is 24.1. The maximum absolute atomic E-state index is 13.2. The van der Waals surface area contributed by atoms with E-state index >= 15 is 0 Å². The molecule has 0 aliphatic carbocycles. The van der Waals surface area contributed by atoms with Crippen molar-refractivity contribution in [2.75, 3.05) is 32.7 Å². The van der Waals surface area contributed by atoms with Gasteiger partial charge in [-0.25, -0.2) is 0 Å². The molecule has 0 bridgehead atoms. The van der Waals surface area contributed by atoms with Gasteiger partial charge in [-0.3, -0.25) is 9.89 Å². The fraction of sp³-hybridized carbons (Fsp3) is 0.185. The quantitative estimate of drug-likeness (QED) is 0.368. The lowest BCUT2D eigenvalue weighted by atomic mass is 10.0. The van der Waals surface area contributed by atoms with Crippen LogP contribution in [0.5, 0.6) is 5.75 Å².